The molecular formula is C12H13BrFN3. The molecule has 0 aliphatic heterocycles. The molecule has 0 aliphatic rings. The van der Waals surface area contributed by atoms with E-state index in [9.17, 15) is 4.39 Å². The summed E-state index contributed by atoms with van der Waals surface area (Å²) in [6.07, 6.45) is 3.56. The number of nitrogens with one attached hydrogen (secondary N) is 2. The summed E-state index contributed by atoms with van der Waals surface area (Å²) in [6.45, 7) is 2.59. The lowest BCUT2D eigenvalue weighted by Gasteiger charge is -2.14. The summed E-state index contributed by atoms with van der Waals surface area (Å²) in [4.78, 5) is 0. The fourth-order valence-electron chi connectivity index (χ4n) is 1.60. The Morgan fingerprint density at radius 3 is 3.06 bits per heavy atom. The number of H-pyrrole nitrogens is 1. The summed E-state index contributed by atoms with van der Waals surface area (Å²) >= 11 is 3.34. The van der Waals surface area contributed by atoms with Gasteiger partial charge in [0.2, 0.25) is 0 Å². The number of nitrogens with zero attached hydrogens (tertiary/aromatic N) is 1. The first-order valence-electron chi connectivity index (χ1n) is 5.33. The van der Waals surface area contributed by atoms with E-state index in [4.69, 9.17) is 0 Å². The van der Waals surface area contributed by atoms with Gasteiger partial charge in [0, 0.05) is 34.4 Å². The van der Waals surface area contributed by atoms with Gasteiger partial charge in [-0.15, -0.1) is 0 Å². The summed E-state index contributed by atoms with van der Waals surface area (Å²) in [5.41, 5.74) is 1.70. The standard InChI is InChI=1S/C12H13BrFN3/c1-8(15-5-9-6-16-17-7-9)11-4-10(13)2-3-12(11)14/h2-4,6-8,15H,5H2,1H3,(H,16,17). The molecule has 2 rings (SSSR count). The zero-order valence-electron chi connectivity index (χ0n) is 9.37. The Labute approximate surface area is 108 Å². The van der Waals surface area contributed by atoms with Crippen molar-refractivity contribution in [1.82, 2.24) is 15.5 Å². The molecule has 3 nitrogen and oxygen atoms in total. The van der Waals surface area contributed by atoms with Crippen molar-refractivity contribution in [1.29, 1.82) is 0 Å². The zero-order valence-corrected chi connectivity index (χ0v) is 11.0. The summed E-state index contributed by atoms with van der Waals surface area (Å²) < 4.78 is 14.5. The van der Waals surface area contributed by atoms with Gasteiger partial charge in [0.25, 0.3) is 0 Å². The molecule has 0 aliphatic carbocycles. The topological polar surface area (TPSA) is 40.7 Å². The summed E-state index contributed by atoms with van der Waals surface area (Å²) in [6, 6.07) is 4.90. The Morgan fingerprint density at radius 2 is 2.35 bits per heavy atom. The number of hydrogen-bond donors (Lipinski definition) is 2. The van der Waals surface area contributed by atoms with E-state index in [0.717, 1.165) is 10.0 Å². The van der Waals surface area contributed by atoms with Crippen molar-refractivity contribution < 1.29 is 4.39 Å². The average Bonchev–Trinajstić information content (AvgIpc) is 2.82. The van der Waals surface area contributed by atoms with Crippen molar-refractivity contribution in [3.05, 3.63) is 52.0 Å². The van der Waals surface area contributed by atoms with E-state index in [-0.39, 0.29) is 11.9 Å². The number of halogens is 2. The third-order valence-corrected chi connectivity index (χ3v) is 3.09. The smallest absolute Gasteiger partial charge is 0.128 e. The Morgan fingerprint density at radius 1 is 1.53 bits per heavy atom. The third kappa shape index (κ3) is 3.14. The zero-order chi connectivity index (χ0) is 12.3. The maximum absolute atomic E-state index is 13.6. The monoisotopic (exact) mass is 297 g/mol. The van der Waals surface area contributed by atoms with Crippen LogP contribution in [0.25, 0.3) is 0 Å². The maximum Gasteiger partial charge on any atom is 0.128 e. The van der Waals surface area contributed by atoms with Crippen molar-refractivity contribution in [2.75, 3.05) is 0 Å². The molecule has 1 unspecified atom stereocenters. The van der Waals surface area contributed by atoms with Crippen LogP contribution < -0.4 is 5.32 Å². The Hall–Kier alpha value is -1.20. The van der Waals surface area contributed by atoms with E-state index in [1.54, 1.807) is 18.3 Å². The number of benzene rings is 1. The lowest BCUT2D eigenvalue weighted by atomic mass is 10.1. The molecule has 0 saturated carbocycles. The Balaban J connectivity index is 2.04. The summed E-state index contributed by atoms with van der Waals surface area (Å²) in [5.74, 6) is -0.194. The van der Waals surface area contributed by atoms with E-state index in [2.05, 4.69) is 31.4 Å². The molecule has 90 valence electrons. The molecule has 0 radical (unpaired) electrons. The van der Waals surface area contributed by atoms with Crippen LogP contribution in [-0.2, 0) is 6.54 Å². The van der Waals surface area contributed by atoms with E-state index in [0.29, 0.717) is 12.1 Å². The minimum atomic E-state index is -0.194. The third-order valence-electron chi connectivity index (χ3n) is 2.59. The lowest BCUT2D eigenvalue weighted by Crippen LogP contribution is -2.18. The van der Waals surface area contributed by atoms with Crippen LogP contribution in [-0.4, -0.2) is 10.2 Å². The van der Waals surface area contributed by atoms with Crippen molar-refractivity contribution >= 4 is 15.9 Å². The van der Waals surface area contributed by atoms with Crippen molar-refractivity contribution in [3.8, 4) is 0 Å². The molecule has 0 spiro atoms. The van der Waals surface area contributed by atoms with Gasteiger partial charge in [-0.2, -0.15) is 5.10 Å². The normalized spacial score (nSPS) is 12.6. The largest absolute Gasteiger partial charge is 0.306 e. The van der Waals surface area contributed by atoms with Gasteiger partial charge in [-0.25, -0.2) is 4.39 Å². The van der Waals surface area contributed by atoms with Gasteiger partial charge in [-0.05, 0) is 25.1 Å². The predicted molar refractivity (Wildman–Crippen MR) is 67.9 cm³/mol. The molecule has 1 heterocycles. The van der Waals surface area contributed by atoms with Crippen molar-refractivity contribution in [2.45, 2.75) is 19.5 Å². The minimum Gasteiger partial charge on any atom is -0.306 e. The Kier molecular flexibility index (Phi) is 3.91. The molecule has 0 fully saturated rings. The van der Waals surface area contributed by atoms with Crippen LogP contribution in [0.3, 0.4) is 0 Å². The predicted octanol–water partition coefficient (Wildman–Crippen LogP) is 3.16. The first kappa shape index (κ1) is 12.3. The summed E-state index contributed by atoms with van der Waals surface area (Å²) in [5, 5.41) is 9.85. The molecule has 1 atom stereocenters. The molecule has 1 aromatic heterocycles. The highest BCUT2D eigenvalue weighted by Crippen LogP contribution is 2.21. The molecule has 0 bridgehead atoms. The second-order valence-electron chi connectivity index (χ2n) is 3.87. The SMILES string of the molecule is CC(NCc1cn[nH]c1)c1cc(Br)ccc1F. The van der Waals surface area contributed by atoms with Gasteiger partial charge >= 0.3 is 0 Å². The number of rotatable bonds is 4. The molecular weight excluding hydrogens is 285 g/mol. The molecule has 0 amide bonds. The van der Waals surface area contributed by atoms with E-state index >= 15 is 0 Å². The highest BCUT2D eigenvalue weighted by atomic mass is 79.9. The van der Waals surface area contributed by atoms with Gasteiger partial charge in [-0.1, -0.05) is 15.9 Å². The van der Waals surface area contributed by atoms with Crippen LogP contribution in [0.1, 0.15) is 24.1 Å². The van der Waals surface area contributed by atoms with Gasteiger partial charge in [0.05, 0.1) is 6.20 Å². The van der Waals surface area contributed by atoms with E-state index < -0.39 is 0 Å². The molecule has 0 saturated heterocycles. The number of aromatic nitrogens is 2. The molecule has 5 heteroatoms. The van der Waals surface area contributed by atoms with Crippen LogP contribution in [0.15, 0.2) is 35.1 Å². The van der Waals surface area contributed by atoms with Crippen LogP contribution in [0, 0.1) is 5.82 Å². The van der Waals surface area contributed by atoms with Crippen LogP contribution in [0.5, 0.6) is 0 Å². The maximum atomic E-state index is 13.6. The first-order chi connectivity index (χ1) is 8.16. The van der Waals surface area contributed by atoms with Crippen LogP contribution in [0.4, 0.5) is 4.39 Å². The molecule has 1 aromatic carbocycles. The molecule has 2 N–H and O–H groups in total. The van der Waals surface area contributed by atoms with Gasteiger partial charge < -0.3 is 5.32 Å². The van der Waals surface area contributed by atoms with E-state index in [1.165, 1.54) is 6.07 Å². The fourth-order valence-corrected chi connectivity index (χ4v) is 1.98. The second kappa shape index (κ2) is 5.42. The lowest BCUT2D eigenvalue weighted by molar-refractivity contribution is 0.528. The van der Waals surface area contributed by atoms with Gasteiger partial charge in [0.1, 0.15) is 5.82 Å². The first-order valence-corrected chi connectivity index (χ1v) is 6.12. The number of aromatic amines is 1. The highest BCUT2D eigenvalue weighted by molar-refractivity contribution is 9.10. The molecule has 17 heavy (non-hydrogen) atoms. The van der Waals surface area contributed by atoms with E-state index in [1.807, 2.05) is 13.1 Å². The molecule has 2 aromatic rings. The van der Waals surface area contributed by atoms with Crippen molar-refractivity contribution in [3.63, 3.8) is 0 Å². The van der Waals surface area contributed by atoms with Gasteiger partial charge in [-0.3, -0.25) is 5.10 Å². The minimum absolute atomic E-state index is 0.0533. The van der Waals surface area contributed by atoms with Crippen LogP contribution in [0.2, 0.25) is 0 Å². The quantitative estimate of drug-likeness (QED) is 0.910. The average molecular weight is 298 g/mol. The fraction of sp³-hybridized carbons (Fsp3) is 0.250. The Bertz CT molecular complexity index is 485. The summed E-state index contributed by atoms with van der Waals surface area (Å²) in [7, 11) is 0. The highest BCUT2D eigenvalue weighted by Gasteiger charge is 2.10. The number of hydrogen-bond acceptors (Lipinski definition) is 2. The second-order valence-corrected chi connectivity index (χ2v) is 4.79. The van der Waals surface area contributed by atoms with Crippen molar-refractivity contribution in [2.24, 2.45) is 0 Å². The van der Waals surface area contributed by atoms with Gasteiger partial charge in [0.15, 0.2) is 0 Å². The van der Waals surface area contributed by atoms with Crippen LogP contribution >= 0.6 is 15.9 Å².